The summed E-state index contributed by atoms with van der Waals surface area (Å²) >= 11 is 0. The Labute approximate surface area is 176 Å². The van der Waals surface area contributed by atoms with Gasteiger partial charge in [-0.05, 0) is 48.7 Å². The molecule has 2 saturated heterocycles. The van der Waals surface area contributed by atoms with Gasteiger partial charge in [0, 0.05) is 6.04 Å². The zero-order valence-corrected chi connectivity index (χ0v) is 18.1. The van der Waals surface area contributed by atoms with Crippen molar-refractivity contribution in [1.29, 1.82) is 0 Å². The fourth-order valence-electron chi connectivity index (χ4n) is 4.42. The first kappa shape index (κ1) is 20.8. The second kappa shape index (κ2) is 7.67. The van der Waals surface area contributed by atoms with Crippen molar-refractivity contribution in [2.24, 2.45) is 0 Å². The maximum absolute atomic E-state index is 13.4. The summed E-state index contributed by atoms with van der Waals surface area (Å²) in [5, 5.41) is 4.92. The quantitative estimate of drug-likeness (QED) is 0.713. The van der Waals surface area contributed by atoms with E-state index >= 15 is 0 Å². The van der Waals surface area contributed by atoms with E-state index in [2.05, 4.69) is 5.32 Å². The van der Waals surface area contributed by atoms with Crippen molar-refractivity contribution in [3.8, 4) is 0 Å². The fourth-order valence-corrected chi connectivity index (χ4v) is 6.18. The van der Waals surface area contributed by atoms with Crippen LogP contribution < -0.4 is 5.32 Å². The van der Waals surface area contributed by atoms with E-state index in [1.165, 1.54) is 4.90 Å². The van der Waals surface area contributed by atoms with Crippen LogP contribution in [-0.4, -0.2) is 60.9 Å². The van der Waals surface area contributed by atoms with Gasteiger partial charge in [0.15, 0.2) is 9.84 Å². The van der Waals surface area contributed by atoms with Gasteiger partial charge >= 0.3 is 6.03 Å². The number of carbonyl (C=O) groups excluding carboxylic acids is 2. The van der Waals surface area contributed by atoms with Crippen molar-refractivity contribution >= 4 is 32.5 Å². The van der Waals surface area contributed by atoms with Gasteiger partial charge in [-0.2, -0.15) is 0 Å². The van der Waals surface area contributed by atoms with Crippen LogP contribution in [-0.2, 0) is 20.2 Å². The maximum atomic E-state index is 13.4. The van der Waals surface area contributed by atoms with Crippen LogP contribution in [0, 0.1) is 0 Å². The van der Waals surface area contributed by atoms with E-state index in [9.17, 15) is 18.0 Å². The number of sulfone groups is 1. The molecule has 2 unspecified atom stereocenters. The molecule has 3 amide bonds. The Hall–Kier alpha value is -2.45. The van der Waals surface area contributed by atoms with Crippen molar-refractivity contribution in [1.82, 2.24) is 15.1 Å². The molecule has 0 radical (unpaired) electrons. The Morgan fingerprint density at radius 2 is 1.90 bits per heavy atom. The first-order valence-electron chi connectivity index (χ1n) is 10.3. The Morgan fingerprint density at radius 3 is 2.57 bits per heavy atom. The number of nitrogens with one attached hydrogen (secondary N) is 1. The minimum absolute atomic E-state index is 0.0819. The van der Waals surface area contributed by atoms with Crippen LogP contribution >= 0.6 is 0 Å². The minimum Gasteiger partial charge on any atom is -0.319 e. The summed E-state index contributed by atoms with van der Waals surface area (Å²) < 4.78 is 23.8. The number of nitrogens with zero attached hydrogens (tertiary/aromatic N) is 2. The van der Waals surface area contributed by atoms with Crippen LogP contribution in [0.2, 0.25) is 0 Å². The van der Waals surface area contributed by atoms with Gasteiger partial charge in [0.2, 0.25) is 0 Å². The fraction of sp³-hybridized carbons (Fsp3) is 0.455. The highest BCUT2D eigenvalue weighted by molar-refractivity contribution is 7.91. The number of urea groups is 1. The molecule has 0 aliphatic carbocycles. The first-order chi connectivity index (χ1) is 14.2. The Bertz CT molecular complexity index is 1100. The summed E-state index contributed by atoms with van der Waals surface area (Å²) in [5.74, 6) is -0.0736. The molecule has 0 aromatic heterocycles. The van der Waals surface area contributed by atoms with Gasteiger partial charge in [-0.25, -0.2) is 18.1 Å². The maximum Gasteiger partial charge on any atom is 0.326 e. The number of hydrogen-bond donors (Lipinski definition) is 1. The Morgan fingerprint density at radius 1 is 1.17 bits per heavy atom. The van der Waals surface area contributed by atoms with Crippen molar-refractivity contribution < 1.29 is 18.0 Å². The van der Waals surface area contributed by atoms with Gasteiger partial charge < -0.3 is 5.32 Å². The highest BCUT2D eigenvalue weighted by atomic mass is 32.2. The number of hydrogen-bond acceptors (Lipinski definition) is 5. The molecule has 2 aromatic rings. The van der Waals surface area contributed by atoms with Gasteiger partial charge in [-0.3, -0.25) is 9.69 Å². The lowest BCUT2D eigenvalue weighted by molar-refractivity contribution is -0.132. The summed E-state index contributed by atoms with van der Waals surface area (Å²) in [7, 11) is -3.05. The highest BCUT2D eigenvalue weighted by Crippen LogP contribution is 2.31. The third-order valence-corrected chi connectivity index (χ3v) is 7.91. The molecule has 2 aromatic carbocycles. The molecule has 0 bridgehead atoms. The second-order valence-electron chi connectivity index (χ2n) is 8.36. The van der Waals surface area contributed by atoms with E-state index in [4.69, 9.17) is 0 Å². The Kier molecular flexibility index (Phi) is 5.32. The molecule has 8 heteroatoms. The Balaban J connectivity index is 1.59. The van der Waals surface area contributed by atoms with Crippen LogP contribution in [0.25, 0.3) is 10.8 Å². The number of carbonyl (C=O) groups is 2. The molecular weight excluding hydrogens is 402 g/mol. The van der Waals surface area contributed by atoms with Gasteiger partial charge in [0.05, 0.1) is 18.2 Å². The van der Waals surface area contributed by atoms with Gasteiger partial charge in [-0.15, -0.1) is 0 Å². The average Bonchev–Trinajstić information content (AvgIpc) is 3.19. The zero-order valence-electron chi connectivity index (χ0n) is 17.3. The molecule has 7 nitrogen and oxygen atoms in total. The predicted octanol–water partition coefficient (Wildman–Crippen LogP) is 2.46. The number of fused-ring (bicyclic) bond motifs is 1. The summed E-state index contributed by atoms with van der Waals surface area (Å²) in [5.41, 5.74) is -0.423. The van der Waals surface area contributed by atoms with E-state index in [-0.39, 0.29) is 30.1 Å². The molecule has 4 rings (SSSR count). The van der Waals surface area contributed by atoms with Crippen molar-refractivity contribution in [2.75, 3.05) is 24.7 Å². The molecule has 0 spiro atoms. The van der Waals surface area contributed by atoms with Crippen molar-refractivity contribution in [3.63, 3.8) is 0 Å². The summed E-state index contributed by atoms with van der Waals surface area (Å²) in [6, 6.07) is 13.0. The third-order valence-electron chi connectivity index (χ3n) is 6.16. The molecule has 2 fully saturated rings. The molecule has 160 valence electrons. The lowest BCUT2D eigenvalue weighted by atomic mass is 9.90. The number of benzene rings is 2. The molecular formula is C22H27N3O4S. The third kappa shape index (κ3) is 3.70. The average molecular weight is 430 g/mol. The zero-order chi connectivity index (χ0) is 21.5. The van der Waals surface area contributed by atoms with Gasteiger partial charge in [0.25, 0.3) is 5.91 Å². The highest BCUT2D eigenvalue weighted by Gasteiger charge is 2.50. The summed E-state index contributed by atoms with van der Waals surface area (Å²) in [4.78, 5) is 29.3. The normalized spacial score (nSPS) is 26.0. The van der Waals surface area contributed by atoms with E-state index in [1.807, 2.05) is 54.3 Å². The summed E-state index contributed by atoms with van der Waals surface area (Å²) in [6.07, 6.45) is 1.34. The number of rotatable bonds is 6. The van der Waals surface area contributed by atoms with Crippen molar-refractivity contribution in [2.45, 2.75) is 38.3 Å². The van der Waals surface area contributed by atoms with Gasteiger partial charge in [0.1, 0.15) is 5.54 Å². The molecule has 0 saturated carbocycles. The smallest absolute Gasteiger partial charge is 0.319 e. The standard InChI is InChI=1S/C22H27N3O4S/c1-3-11-24(19-10-12-30(28,29)14-19)15-25-20(26)22(2,23-21(25)27)18-9-8-16-6-4-5-7-17(16)13-18/h4-9,13,19H,3,10-12,14-15H2,1-2H3,(H,23,27). The largest absolute Gasteiger partial charge is 0.326 e. The topological polar surface area (TPSA) is 86.8 Å². The summed E-state index contributed by atoms with van der Waals surface area (Å²) in [6.45, 7) is 4.45. The lowest BCUT2D eigenvalue weighted by Gasteiger charge is -2.31. The monoisotopic (exact) mass is 429 g/mol. The van der Waals surface area contributed by atoms with Crippen LogP contribution in [0.3, 0.4) is 0 Å². The van der Waals surface area contributed by atoms with E-state index in [1.54, 1.807) is 6.92 Å². The SMILES string of the molecule is CCCN(CN1C(=O)NC(C)(c2ccc3ccccc3c2)C1=O)C1CCS(=O)(=O)C1. The van der Waals surface area contributed by atoms with Crippen LogP contribution in [0.4, 0.5) is 4.79 Å². The van der Waals surface area contributed by atoms with Crippen LogP contribution in [0.15, 0.2) is 42.5 Å². The van der Waals surface area contributed by atoms with E-state index in [0.717, 1.165) is 22.8 Å². The second-order valence-corrected chi connectivity index (χ2v) is 10.6. The van der Waals surface area contributed by atoms with Crippen molar-refractivity contribution in [3.05, 3.63) is 48.0 Å². The molecule has 2 aliphatic rings. The lowest BCUT2D eigenvalue weighted by Crippen LogP contribution is -2.48. The first-order valence-corrected chi connectivity index (χ1v) is 12.1. The predicted molar refractivity (Wildman–Crippen MR) is 116 cm³/mol. The molecule has 2 atom stereocenters. The molecule has 30 heavy (non-hydrogen) atoms. The number of amides is 3. The minimum atomic E-state index is -3.05. The van der Waals surface area contributed by atoms with Crippen LogP contribution in [0.1, 0.15) is 32.3 Å². The molecule has 2 aliphatic heterocycles. The molecule has 1 N–H and O–H groups in total. The number of imide groups is 1. The van der Waals surface area contributed by atoms with Gasteiger partial charge in [-0.1, -0.05) is 43.3 Å². The van der Waals surface area contributed by atoms with Crippen LogP contribution in [0.5, 0.6) is 0 Å². The molecule has 2 heterocycles. The van der Waals surface area contributed by atoms with E-state index in [0.29, 0.717) is 13.0 Å². The van der Waals surface area contributed by atoms with E-state index < -0.39 is 21.4 Å².